The number of hydrogen-bond donors (Lipinski definition) is 1. The molecule has 0 radical (unpaired) electrons. The number of carbonyl (C=O) groups is 1. The first-order valence-corrected chi connectivity index (χ1v) is 4.07. The molecule has 1 amide bonds. The molecular weight excluding hydrogens is 184 g/mol. The standard InChI is InChI=1S/C9H10N2O3/c1-7(12)10-6-8-3-2-4-9(5-8)11(13)14/h2-5H,6H2,1H3,(H,10,12). The summed E-state index contributed by atoms with van der Waals surface area (Å²) in [4.78, 5) is 20.5. The predicted octanol–water partition coefficient (Wildman–Crippen LogP) is 1.23. The average Bonchev–Trinajstić information content (AvgIpc) is 2.15. The Labute approximate surface area is 80.9 Å². The van der Waals surface area contributed by atoms with Crippen molar-refractivity contribution in [3.8, 4) is 0 Å². The Kier molecular flexibility index (Phi) is 3.17. The molecule has 0 aliphatic carbocycles. The molecule has 0 aliphatic rings. The zero-order valence-electron chi connectivity index (χ0n) is 7.69. The maximum Gasteiger partial charge on any atom is 0.269 e. The first-order chi connectivity index (χ1) is 6.59. The highest BCUT2D eigenvalue weighted by molar-refractivity contribution is 5.72. The van der Waals surface area contributed by atoms with Crippen molar-refractivity contribution < 1.29 is 9.72 Å². The molecule has 0 saturated heterocycles. The highest BCUT2D eigenvalue weighted by Gasteiger charge is 2.05. The molecule has 1 rings (SSSR count). The monoisotopic (exact) mass is 194 g/mol. The number of hydrogen-bond acceptors (Lipinski definition) is 3. The van der Waals surface area contributed by atoms with E-state index in [4.69, 9.17) is 0 Å². The van der Waals surface area contributed by atoms with Crippen LogP contribution in [0.1, 0.15) is 12.5 Å². The average molecular weight is 194 g/mol. The molecule has 1 aromatic carbocycles. The van der Waals surface area contributed by atoms with E-state index in [1.54, 1.807) is 12.1 Å². The van der Waals surface area contributed by atoms with E-state index < -0.39 is 4.92 Å². The van der Waals surface area contributed by atoms with E-state index >= 15 is 0 Å². The number of nitrogens with one attached hydrogen (secondary N) is 1. The topological polar surface area (TPSA) is 72.2 Å². The minimum absolute atomic E-state index is 0.0350. The maximum atomic E-state index is 10.6. The van der Waals surface area contributed by atoms with Gasteiger partial charge in [-0.3, -0.25) is 14.9 Å². The van der Waals surface area contributed by atoms with Crippen LogP contribution < -0.4 is 5.32 Å². The Morgan fingerprint density at radius 2 is 2.29 bits per heavy atom. The zero-order valence-corrected chi connectivity index (χ0v) is 7.69. The lowest BCUT2D eigenvalue weighted by atomic mass is 10.2. The SMILES string of the molecule is CC(=O)NCc1cccc([N+](=O)[O-])c1. The van der Waals surface area contributed by atoms with Gasteiger partial charge < -0.3 is 5.32 Å². The molecule has 1 aromatic rings. The third-order valence-corrected chi connectivity index (χ3v) is 1.66. The van der Waals surface area contributed by atoms with Gasteiger partial charge in [0.1, 0.15) is 0 Å². The molecule has 0 bridgehead atoms. The van der Waals surface area contributed by atoms with Gasteiger partial charge in [-0.1, -0.05) is 12.1 Å². The van der Waals surface area contributed by atoms with E-state index in [-0.39, 0.29) is 11.6 Å². The molecule has 5 nitrogen and oxygen atoms in total. The van der Waals surface area contributed by atoms with Crippen LogP contribution in [0.25, 0.3) is 0 Å². The summed E-state index contributed by atoms with van der Waals surface area (Å²) in [6, 6.07) is 6.17. The van der Waals surface area contributed by atoms with Gasteiger partial charge in [-0.05, 0) is 5.56 Å². The summed E-state index contributed by atoms with van der Waals surface area (Å²) in [6.45, 7) is 1.72. The predicted molar refractivity (Wildman–Crippen MR) is 50.6 cm³/mol. The van der Waals surface area contributed by atoms with E-state index in [0.29, 0.717) is 6.54 Å². The summed E-state index contributed by atoms with van der Waals surface area (Å²) in [5.74, 6) is -0.156. The molecule has 0 atom stereocenters. The Bertz CT molecular complexity index is 363. The van der Waals surface area contributed by atoms with Gasteiger partial charge >= 0.3 is 0 Å². The molecule has 5 heteroatoms. The summed E-state index contributed by atoms with van der Waals surface area (Å²) in [5.41, 5.74) is 0.752. The van der Waals surface area contributed by atoms with Crippen molar-refractivity contribution in [2.24, 2.45) is 0 Å². The van der Waals surface area contributed by atoms with Gasteiger partial charge in [-0.2, -0.15) is 0 Å². The first kappa shape index (κ1) is 10.2. The molecule has 74 valence electrons. The molecule has 0 spiro atoms. The van der Waals surface area contributed by atoms with Crippen LogP contribution in [0.5, 0.6) is 0 Å². The fraction of sp³-hybridized carbons (Fsp3) is 0.222. The summed E-state index contributed by atoms with van der Waals surface area (Å²) in [7, 11) is 0. The van der Waals surface area contributed by atoms with Crippen LogP contribution in [0.2, 0.25) is 0 Å². The molecule has 14 heavy (non-hydrogen) atoms. The van der Waals surface area contributed by atoms with Crippen LogP contribution in [0.15, 0.2) is 24.3 Å². The Balaban J connectivity index is 2.73. The Morgan fingerprint density at radius 1 is 1.57 bits per heavy atom. The van der Waals surface area contributed by atoms with Gasteiger partial charge in [0, 0.05) is 25.6 Å². The molecule has 0 aromatic heterocycles. The van der Waals surface area contributed by atoms with Crippen molar-refractivity contribution in [3.05, 3.63) is 39.9 Å². The zero-order chi connectivity index (χ0) is 10.6. The number of nitrogens with zero attached hydrogens (tertiary/aromatic N) is 1. The second-order valence-electron chi connectivity index (χ2n) is 2.84. The van der Waals surface area contributed by atoms with Gasteiger partial charge in [0.05, 0.1) is 4.92 Å². The lowest BCUT2D eigenvalue weighted by Crippen LogP contribution is -2.18. The molecule has 0 saturated carbocycles. The highest BCUT2D eigenvalue weighted by Crippen LogP contribution is 2.12. The Hall–Kier alpha value is -1.91. The van der Waals surface area contributed by atoms with E-state index in [1.807, 2.05) is 0 Å². The second-order valence-corrected chi connectivity index (χ2v) is 2.84. The van der Waals surface area contributed by atoms with Crippen molar-refractivity contribution in [1.82, 2.24) is 5.32 Å². The smallest absolute Gasteiger partial charge is 0.269 e. The molecule has 0 aliphatic heterocycles. The number of nitro benzene ring substituents is 1. The number of rotatable bonds is 3. The summed E-state index contributed by atoms with van der Waals surface area (Å²) in [6.07, 6.45) is 0. The minimum Gasteiger partial charge on any atom is -0.352 e. The summed E-state index contributed by atoms with van der Waals surface area (Å²) in [5, 5.41) is 13.0. The van der Waals surface area contributed by atoms with Crippen molar-refractivity contribution in [1.29, 1.82) is 0 Å². The van der Waals surface area contributed by atoms with Gasteiger partial charge in [-0.15, -0.1) is 0 Å². The number of non-ortho nitro benzene ring substituents is 1. The van der Waals surface area contributed by atoms with Crippen LogP contribution in [0, 0.1) is 10.1 Å². The fourth-order valence-corrected chi connectivity index (χ4v) is 1.01. The van der Waals surface area contributed by atoms with Gasteiger partial charge in [0.2, 0.25) is 5.91 Å². The number of benzene rings is 1. The van der Waals surface area contributed by atoms with Crippen molar-refractivity contribution in [2.45, 2.75) is 13.5 Å². The maximum absolute atomic E-state index is 10.6. The van der Waals surface area contributed by atoms with E-state index in [9.17, 15) is 14.9 Å². The first-order valence-electron chi connectivity index (χ1n) is 4.07. The van der Waals surface area contributed by atoms with Crippen molar-refractivity contribution in [2.75, 3.05) is 0 Å². The quantitative estimate of drug-likeness (QED) is 0.581. The van der Waals surface area contributed by atoms with Crippen LogP contribution in [-0.2, 0) is 11.3 Å². The van der Waals surface area contributed by atoms with Crippen LogP contribution in [0.4, 0.5) is 5.69 Å². The number of carbonyl (C=O) groups excluding carboxylic acids is 1. The number of nitro groups is 1. The van der Waals surface area contributed by atoms with Gasteiger partial charge in [0.15, 0.2) is 0 Å². The molecule has 1 N–H and O–H groups in total. The van der Waals surface area contributed by atoms with Gasteiger partial charge in [0.25, 0.3) is 5.69 Å². The third-order valence-electron chi connectivity index (χ3n) is 1.66. The van der Waals surface area contributed by atoms with Crippen LogP contribution in [0.3, 0.4) is 0 Å². The second kappa shape index (κ2) is 4.36. The van der Waals surface area contributed by atoms with Crippen molar-refractivity contribution in [3.63, 3.8) is 0 Å². The fourth-order valence-electron chi connectivity index (χ4n) is 1.01. The van der Waals surface area contributed by atoms with Crippen LogP contribution in [-0.4, -0.2) is 10.8 Å². The normalized spacial score (nSPS) is 9.50. The summed E-state index contributed by atoms with van der Waals surface area (Å²) < 4.78 is 0. The third kappa shape index (κ3) is 2.85. The summed E-state index contributed by atoms with van der Waals surface area (Å²) >= 11 is 0. The molecule has 0 unspecified atom stereocenters. The van der Waals surface area contributed by atoms with E-state index in [1.165, 1.54) is 19.1 Å². The van der Waals surface area contributed by atoms with Gasteiger partial charge in [-0.25, -0.2) is 0 Å². The molecule has 0 fully saturated rings. The lowest BCUT2D eigenvalue weighted by molar-refractivity contribution is -0.384. The minimum atomic E-state index is -0.461. The largest absolute Gasteiger partial charge is 0.352 e. The van der Waals surface area contributed by atoms with Crippen LogP contribution >= 0.6 is 0 Å². The van der Waals surface area contributed by atoms with Crippen molar-refractivity contribution >= 4 is 11.6 Å². The molecule has 0 heterocycles. The lowest BCUT2D eigenvalue weighted by Gasteiger charge is -2.01. The number of amides is 1. The van der Waals surface area contributed by atoms with E-state index in [2.05, 4.69) is 5.32 Å². The Morgan fingerprint density at radius 3 is 2.86 bits per heavy atom. The van der Waals surface area contributed by atoms with E-state index in [0.717, 1.165) is 5.56 Å². The molecular formula is C9H10N2O3. The highest BCUT2D eigenvalue weighted by atomic mass is 16.6.